The van der Waals surface area contributed by atoms with Gasteiger partial charge in [0.1, 0.15) is 0 Å². The molecule has 21 aromatic carbocycles. The maximum Gasteiger partial charge on any atom is 0.235 e. The van der Waals surface area contributed by atoms with Crippen LogP contribution in [0.2, 0.25) is 0 Å². The van der Waals surface area contributed by atoms with Gasteiger partial charge in [0.2, 0.25) is 5.95 Å². The molecule has 0 unspecified atom stereocenters. The molecule has 145 heavy (non-hydrogen) atoms. The average molecular weight is 1890 g/mol. The van der Waals surface area contributed by atoms with Gasteiger partial charge in [0, 0.05) is 145 Å². The Hall–Kier alpha value is -18.8. The van der Waals surface area contributed by atoms with Crippen LogP contribution >= 0.6 is 22.7 Å². The molecule has 30 rings (SSSR count). The number of hydrogen-bond donors (Lipinski definition) is 0. The van der Waals surface area contributed by atoms with Gasteiger partial charge in [-0.25, -0.2) is 19.9 Å². The third-order valence-electron chi connectivity index (χ3n) is 28.7. The summed E-state index contributed by atoms with van der Waals surface area (Å²) in [6, 6.07) is 184. The number of thiophene rings is 2. The Morgan fingerprint density at radius 2 is 0.428 bits per heavy atom. The van der Waals surface area contributed by atoms with Crippen LogP contribution in [-0.4, -0.2) is 42.8 Å². The number of benzene rings is 21. The molecule has 0 bridgehead atoms. The van der Waals surface area contributed by atoms with E-state index >= 15 is 0 Å². The first kappa shape index (κ1) is 84.3. The van der Waals surface area contributed by atoms with Crippen molar-refractivity contribution in [2.75, 3.05) is 0 Å². The predicted molar refractivity (Wildman–Crippen MR) is 611 cm³/mol. The summed E-state index contributed by atoms with van der Waals surface area (Å²) in [5.74, 6) is 1.36. The highest BCUT2D eigenvalue weighted by Crippen LogP contribution is 2.48. The lowest BCUT2D eigenvalue weighted by Gasteiger charge is -2.12. The molecule has 678 valence electrons. The molecule has 0 radical (unpaired) electrons. The largest absolute Gasteiger partial charge is 0.309 e. The fraction of sp³-hybridized carbons (Fsp3) is 0. The number of nitrogens with zero attached hydrogens (tertiary/aromatic N) is 9. The Balaban J connectivity index is 0.000000106. The molecule has 30 aromatic rings. The number of para-hydroxylation sites is 7. The summed E-state index contributed by atoms with van der Waals surface area (Å²) in [5, 5.41) is 17.7. The molecule has 0 saturated carbocycles. The van der Waals surface area contributed by atoms with Crippen molar-refractivity contribution in [3.8, 4) is 118 Å². The van der Waals surface area contributed by atoms with Gasteiger partial charge < -0.3 is 18.3 Å². The van der Waals surface area contributed by atoms with Gasteiger partial charge in [0.15, 0.2) is 5.82 Å². The maximum atomic E-state index is 5.19. The van der Waals surface area contributed by atoms with Crippen molar-refractivity contribution in [3.63, 3.8) is 0 Å². The molecule has 0 saturated heterocycles. The topological polar surface area (TPSA) is 76.2 Å². The summed E-state index contributed by atoms with van der Waals surface area (Å²) in [7, 11) is 0. The van der Waals surface area contributed by atoms with E-state index in [4.69, 9.17) is 19.9 Å². The van der Waals surface area contributed by atoms with Crippen LogP contribution in [0.3, 0.4) is 0 Å². The van der Waals surface area contributed by atoms with Gasteiger partial charge >= 0.3 is 0 Å². The monoisotopic (exact) mass is 1880 g/mol. The molecule has 11 heteroatoms. The third-order valence-corrected chi connectivity index (χ3v) is 31.0. The van der Waals surface area contributed by atoms with Crippen molar-refractivity contribution in [3.05, 3.63) is 516 Å². The lowest BCUT2D eigenvalue weighted by molar-refractivity contribution is 0.995. The standard InChI is InChI=1S/C46H30N4.C46H29N3S.C42H26N2S/c1-4-14-31(15-5-1)40-30-41(32-16-6-2-7-17-32)48-46(47-40)50-43-23-13-11-21-37(43)39-29-34(25-27-45(39)50)33-24-26-44-38(28-33)36-20-10-12-22-42(36)49(44)35-18-8-3-9-19-35;1-3-12-30(13-4-1)40-29-41(31-14-5-2-6-15-31)48-46(47-40)32-22-25-34(26-23-32)49-42-20-9-7-16-36(42)39-28-33(24-27-43(39)49)35-18-11-19-38-37-17-8-10-21-44(37)50-45(35)38;1-3-11-29(12-4-1)43-37-17-9-7-15-31(37)33-23-27(19-21-38(33)43)28-20-22-39-34(24-28)35-25-36-32-16-8-10-18-41(32)45-42(36)26-40(35)44(39)30-13-5-2-6-14-30/h1-30H;1-29H;1-26H. The van der Waals surface area contributed by atoms with Crippen molar-refractivity contribution < 1.29 is 0 Å². The van der Waals surface area contributed by atoms with Crippen molar-refractivity contribution in [1.29, 1.82) is 0 Å². The molecule has 0 atom stereocenters. The van der Waals surface area contributed by atoms with Crippen LogP contribution in [0.5, 0.6) is 0 Å². The summed E-state index contributed by atoms with van der Waals surface area (Å²) in [6.07, 6.45) is 0. The predicted octanol–water partition coefficient (Wildman–Crippen LogP) is 36.2. The smallest absolute Gasteiger partial charge is 0.235 e. The Morgan fingerprint density at radius 1 is 0.145 bits per heavy atom. The first-order valence-electron chi connectivity index (χ1n) is 49.1. The number of rotatable bonds is 13. The van der Waals surface area contributed by atoms with Crippen molar-refractivity contribution >= 4 is 172 Å². The summed E-state index contributed by atoms with van der Waals surface area (Å²) in [6.45, 7) is 0. The fourth-order valence-corrected chi connectivity index (χ4v) is 24.3. The molecular formula is C134H85N9S2. The van der Waals surface area contributed by atoms with E-state index in [1.807, 2.05) is 71.2 Å². The SMILES string of the molecule is c1ccc(-c2cc(-c3ccccc3)nc(-c3ccc(-n4c5ccccc5c5cc(-c6cccc7c6sc6ccccc67)ccc54)cc3)n2)cc1.c1ccc(-c2cc(-c3ccccc3)nc(-n3c4ccccc4c4cc(-c5ccc6c(c5)c5ccccc5n6-c5ccccc5)ccc43)n2)cc1.c1ccc(-n2c3ccccc3c3cc(-c4ccc5c(c4)c4cc6c(cc4n5-c4ccccc4)sc4ccccc46)ccc32)cc1. The van der Waals surface area contributed by atoms with Gasteiger partial charge in [0.25, 0.3) is 0 Å². The number of fused-ring (bicyclic) bond motifs is 21. The van der Waals surface area contributed by atoms with Crippen LogP contribution in [0.1, 0.15) is 0 Å². The third kappa shape index (κ3) is 14.7. The molecule has 0 aliphatic rings. The summed E-state index contributed by atoms with van der Waals surface area (Å²) >= 11 is 3.75. The van der Waals surface area contributed by atoms with Gasteiger partial charge in [-0.15, -0.1) is 22.7 Å². The van der Waals surface area contributed by atoms with Crippen LogP contribution < -0.4 is 0 Å². The highest BCUT2D eigenvalue weighted by Gasteiger charge is 2.25. The van der Waals surface area contributed by atoms with Gasteiger partial charge in [-0.05, 0) is 215 Å². The van der Waals surface area contributed by atoms with E-state index in [2.05, 4.69) is 490 Å². The van der Waals surface area contributed by atoms with E-state index in [0.717, 1.165) is 73.0 Å². The molecule has 9 heterocycles. The van der Waals surface area contributed by atoms with Crippen LogP contribution in [0.15, 0.2) is 516 Å². The Morgan fingerprint density at radius 3 is 0.841 bits per heavy atom. The molecule has 0 aliphatic heterocycles. The summed E-state index contributed by atoms with van der Waals surface area (Å²) in [5.41, 5.74) is 32.6. The lowest BCUT2D eigenvalue weighted by Crippen LogP contribution is -2.03. The zero-order chi connectivity index (χ0) is 95.5. The van der Waals surface area contributed by atoms with Gasteiger partial charge in [-0.1, -0.05) is 334 Å². The Labute approximate surface area is 842 Å². The fourth-order valence-electron chi connectivity index (χ4n) is 21.9. The summed E-state index contributed by atoms with van der Waals surface area (Å²) < 4.78 is 17.1. The summed E-state index contributed by atoms with van der Waals surface area (Å²) in [4.78, 5) is 20.5. The highest BCUT2D eigenvalue weighted by molar-refractivity contribution is 7.26. The second kappa shape index (κ2) is 35.2. The minimum absolute atomic E-state index is 0.652. The van der Waals surface area contributed by atoms with E-state index in [9.17, 15) is 0 Å². The number of hydrogen-bond acceptors (Lipinski definition) is 6. The second-order valence-corrected chi connectivity index (χ2v) is 39.2. The normalized spacial score (nSPS) is 11.7. The highest BCUT2D eigenvalue weighted by atomic mass is 32.1. The lowest BCUT2D eigenvalue weighted by atomic mass is 10.00. The Bertz CT molecular complexity index is 10200. The van der Waals surface area contributed by atoms with Crippen molar-refractivity contribution in [2.45, 2.75) is 0 Å². The first-order chi connectivity index (χ1) is 71.9. The van der Waals surface area contributed by atoms with Gasteiger partial charge in [-0.2, -0.15) is 0 Å². The molecule has 0 spiro atoms. The Kier molecular flexibility index (Phi) is 20.5. The van der Waals surface area contributed by atoms with E-state index in [1.54, 1.807) is 0 Å². The van der Waals surface area contributed by atoms with E-state index in [0.29, 0.717) is 11.8 Å². The number of aromatic nitrogens is 9. The molecule has 9 aromatic heterocycles. The molecule has 0 aliphatic carbocycles. The van der Waals surface area contributed by atoms with Gasteiger partial charge in [0.05, 0.1) is 77.9 Å². The molecule has 0 N–H and O–H groups in total. The minimum Gasteiger partial charge on any atom is -0.309 e. The average Bonchev–Trinajstić information content (AvgIpc) is 1.56. The zero-order valence-corrected chi connectivity index (χ0v) is 80.0. The van der Waals surface area contributed by atoms with E-state index < -0.39 is 0 Å². The van der Waals surface area contributed by atoms with Crippen LogP contribution in [0, 0.1) is 0 Å². The molecular weight excluding hydrogens is 1800 g/mol. The van der Waals surface area contributed by atoms with Crippen molar-refractivity contribution in [1.82, 2.24) is 42.8 Å². The van der Waals surface area contributed by atoms with Crippen LogP contribution in [0.4, 0.5) is 0 Å². The maximum absolute atomic E-state index is 5.19. The quantitative estimate of drug-likeness (QED) is 0.115. The van der Waals surface area contributed by atoms with E-state index in [1.165, 1.54) is 183 Å². The van der Waals surface area contributed by atoms with Crippen molar-refractivity contribution in [2.24, 2.45) is 0 Å². The molecule has 0 amide bonds. The first-order valence-corrected chi connectivity index (χ1v) is 50.7. The van der Waals surface area contributed by atoms with Gasteiger partial charge in [-0.3, -0.25) is 4.57 Å². The zero-order valence-electron chi connectivity index (χ0n) is 78.4. The minimum atomic E-state index is 0.652. The van der Waals surface area contributed by atoms with E-state index in [-0.39, 0.29) is 0 Å². The second-order valence-electron chi connectivity index (χ2n) is 37.1. The van der Waals surface area contributed by atoms with Crippen LogP contribution in [0.25, 0.3) is 268 Å². The molecule has 0 fully saturated rings. The molecule has 9 nitrogen and oxygen atoms in total. The van der Waals surface area contributed by atoms with Crippen LogP contribution in [-0.2, 0) is 0 Å².